The predicted octanol–water partition coefficient (Wildman–Crippen LogP) is 12.6. The summed E-state index contributed by atoms with van der Waals surface area (Å²) >= 11 is 6.31. The van der Waals surface area contributed by atoms with Crippen molar-refractivity contribution >= 4 is 114 Å². The summed E-state index contributed by atoms with van der Waals surface area (Å²) in [5.41, 5.74) is 3.70. The summed E-state index contributed by atoms with van der Waals surface area (Å²) in [6.45, 7) is 4.53. The minimum absolute atomic E-state index is 0.0747. The Balaban J connectivity index is 0.000000178. The number of benzene rings is 4. The van der Waals surface area contributed by atoms with Gasteiger partial charge in [-0.25, -0.2) is 26.8 Å². The van der Waals surface area contributed by atoms with Gasteiger partial charge in [-0.2, -0.15) is 0 Å². The first-order valence-corrected chi connectivity index (χ1v) is 40.6. The lowest BCUT2D eigenvalue weighted by molar-refractivity contribution is -0.142. The van der Waals surface area contributed by atoms with Crippen molar-refractivity contribution in [1.29, 1.82) is 0 Å². The summed E-state index contributed by atoms with van der Waals surface area (Å²) < 4.78 is 76.9. The predicted molar refractivity (Wildman–Crippen MR) is 384 cm³/mol. The second-order valence-corrected chi connectivity index (χ2v) is 35.7. The van der Waals surface area contributed by atoms with Gasteiger partial charge in [-0.05, 0) is 163 Å². The molecule has 4 amide bonds. The van der Waals surface area contributed by atoms with E-state index in [1.807, 2.05) is 92.7 Å². The lowest BCUT2D eigenvalue weighted by Gasteiger charge is -2.29. The molecule has 8 aliphatic rings. The molecule has 6 aromatic rings. The van der Waals surface area contributed by atoms with Gasteiger partial charge in [0.05, 0.1) is 74.0 Å². The van der Waals surface area contributed by atoms with Gasteiger partial charge in [0.2, 0.25) is 43.7 Å². The number of hydrogen-bond donors (Lipinski definition) is 2. The second kappa shape index (κ2) is 29.6. The second-order valence-electron chi connectivity index (χ2n) is 28.9. The molecule has 4 saturated carbocycles. The summed E-state index contributed by atoms with van der Waals surface area (Å²) in [5, 5.41) is -0.173. The number of hydrogen-bond acceptors (Lipinski definition) is 17. The maximum atomic E-state index is 14.6. The van der Waals surface area contributed by atoms with Crippen molar-refractivity contribution in [3.63, 3.8) is 0 Å². The fourth-order valence-corrected chi connectivity index (χ4v) is 20.3. The van der Waals surface area contributed by atoms with Crippen molar-refractivity contribution in [3.05, 3.63) is 136 Å². The number of amides is 4. The molecule has 0 spiro atoms. The van der Waals surface area contributed by atoms with Crippen LogP contribution in [-0.2, 0) is 61.7 Å². The molecular weight excluding hydrogens is 1400 g/mol. The van der Waals surface area contributed by atoms with E-state index in [1.165, 1.54) is 22.7 Å². The third-order valence-corrected chi connectivity index (χ3v) is 27.2. The van der Waals surface area contributed by atoms with Crippen LogP contribution in [0.3, 0.4) is 0 Å². The Morgan fingerprint density at radius 1 is 0.586 bits per heavy atom. The number of Topliss-reactive ketones (excluding diaryl/α,β-unsaturated/α-hetero) is 2. The number of allylic oxidation sites excluding steroid dienone is 4. The molecule has 19 nitrogen and oxygen atoms in total. The van der Waals surface area contributed by atoms with E-state index in [0.29, 0.717) is 80.3 Å². The van der Waals surface area contributed by atoms with Crippen LogP contribution in [0.25, 0.3) is 20.4 Å². The molecular formula is C75H87BrN6O13S4. The van der Waals surface area contributed by atoms with E-state index in [2.05, 4.69) is 65.7 Å². The quantitative estimate of drug-likeness (QED) is 0.0906. The topological polar surface area (TPSA) is 255 Å². The molecule has 2 N–H and O–H groups in total. The van der Waals surface area contributed by atoms with Crippen LogP contribution in [-0.4, -0.2) is 127 Å². The first-order chi connectivity index (χ1) is 47.5. The Morgan fingerprint density at radius 2 is 1.04 bits per heavy atom. The highest BCUT2D eigenvalue weighted by Gasteiger charge is 2.63. The Bertz CT molecular complexity index is 4380. The minimum Gasteiger partial charge on any atom is -0.497 e. The van der Waals surface area contributed by atoms with Gasteiger partial charge in [-0.15, -0.1) is 0 Å². The molecule has 99 heavy (non-hydrogen) atoms. The first-order valence-electron chi connectivity index (χ1n) is 35.1. The number of nitrogens with zero attached hydrogens (tertiary/aromatic N) is 4. The zero-order chi connectivity index (χ0) is 69.4. The average molecular weight is 1490 g/mol. The molecule has 10 atom stereocenters. The Labute approximate surface area is 595 Å². The smallest absolute Gasteiger partial charge is 0.274 e. The van der Waals surface area contributed by atoms with E-state index in [4.69, 9.17) is 14.2 Å². The fourth-order valence-electron chi connectivity index (χ4n) is 15.2. The number of ether oxygens (including phenoxy) is 3. The lowest BCUT2D eigenvalue weighted by atomic mass is 9.89. The van der Waals surface area contributed by atoms with E-state index in [1.54, 1.807) is 16.9 Å². The monoisotopic (exact) mass is 1490 g/mol. The number of thiazole rings is 2. The molecule has 14 rings (SSSR count). The number of halogens is 1. The van der Waals surface area contributed by atoms with Crippen LogP contribution in [0.5, 0.6) is 16.1 Å². The minimum atomic E-state index is -3.79. The first kappa shape index (κ1) is 70.6. The number of methoxy groups -OCH3 is 1. The van der Waals surface area contributed by atoms with Gasteiger partial charge in [0.25, 0.3) is 10.4 Å². The molecule has 0 unspecified atom stereocenters. The van der Waals surface area contributed by atoms with Crippen LogP contribution in [0.15, 0.2) is 114 Å². The molecule has 0 bridgehead atoms. The van der Waals surface area contributed by atoms with Crippen molar-refractivity contribution in [2.75, 3.05) is 20.2 Å². The highest BCUT2D eigenvalue weighted by atomic mass is 79.9. The molecule has 4 aromatic carbocycles. The maximum Gasteiger partial charge on any atom is 0.274 e. The Morgan fingerprint density at radius 3 is 1.48 bits per heavy atom. The SMILES string of the molecule is COc1ccc2nc(O[C@@H]3C[C@H]4C(=O)C[C@]5(C(=O)NS(=O)(=O)C6CC6)C[C@H]5/C=C\CCCCC[C@H](Cc5cccc(C)c5)C(=O)N4C3)sc2c1.Cc1cccc(C[C@H]2CCCCC/C=C\[C@@H]3C[C@@]3(C(=O)NS(=O)(=O)C3CC3)CC(=O)[C@@H]3C[C@@H](Oc4nc5ccc(Br)cc5s4)CN3C2=O)c1. The number of ketones is 2. The molecule has 4 aliphatic heterocycles. The zero-order valence-corrected chi connectivity index (χ0v) is 61.1. The lowest BCUT2D eigenvalue weighted by Crippen LogP contribution is -2.46. The van der Waals surface area contributed by atoms with Crippen LogP contribution in [0.4, 0.5) is 0 Å². The normalized spacial score (nSPS) is 28.4. The van der Waals surface area contributed by atoms with E-state index < -0.39 is 77.5 Å². The highest BCUT2D eigenvalue weighted by Crippen LogP contribution is 2.59. The van der Waals surface area contributed by atoms with Crippen LogP contribution in [0, 0.1) is 48.3 Å². The summed E-state index contributed by atoms with van der Waals surface area (Å²) in [7, 11) is -5.96. The van der Waals surface area contributed by atoms with Gasteiger partial charge in [0.1, 0.15) is 18.0 Å². The number of nitrogens with one attached hydrogen (secondary N) is 2. The summed E-state index contributed by atoms with van der Waals surface area (Å²) in [4.78, 5) is 98.1. The number of fused-ring (bicyclic) bond motifs is 6. The number of carbonyl (C=O) groups is 6. The number of aryl methyl sites for hydroxylation is 2. The van der Waals surface area contributed by atoms with Gasteiger partial charge in [0.15, 0.2) is 11.6 Å². The van der Waals surface area contributed by atoms with Gasteiger partial charge >= 0.3 is 0 Å². The molecule has 2 aromatic heterocycles. The zero-order valence-electron chi connectivity index (χ0n) is 56.2. The third-order valence-electron chi connectivity index (χ3n) is 21.2. The number of rotatable bonds is 15. The van der Waals surface area contributed by atoms with E-state index in [-0.39, 0.29) is 85.8 Å². The molecule has 4 aliphatic carbocycles. The number of carbonyl (C=O) groups excluding carboxylic acids is 6. The van der Waals surface area contributed by atoms with Crippen LogP contribution in [0.2, 0.25) is 0 Å². The molecule has 526 valence electrons. The van der Waals surface area contributed by atoms with Crippen LogP contribution < -0.4 is 23.7 Å². The Kier molecular flexibility index (Phi) is 21.1. The Hall–Kier alpha value is -6.86. The number of aromatic nitrogens is 2. The van der Waals surface area contributed by atoms with Crippen molar-refractivity contribution in [1.82, 2.24) is 29.2 Å². The van der Waals surface area contributed by atoms with E-state index >= 15 is 0 Å². The summed E-state index contributed by atoms with van der Waals surface area (Å²) in [6.07, 6.45) is 20.1. The van der Waals surface area contributed by atoms with Crippen LogP contribution in [0.1, 0.15) is 151 Å². The van der Waals surface area contributed by atoms with Crippen molar-refractivity contribution < 1.29 is 59.8 Å². The average Bonchev–Trinajstić information content (AvgIpc) is 1.58. The number of sulfonamides is 2. The molecule has 6 heterocycles. The molecule has 6 fully saturated rings. The molecule has 0 radical (unpaired) electrons. The maximum absolute atomic E-state index is 14.6. The van der Waals surface area contributed by atoms with Crippen LogP contribution >= 0.6 is 38.6 Å². The fraction of sp³-hybridized carbons (Fsp3) is 0.520. The third kappa shape index (κ3) is 16.6. The van der Waals surface area contributed by atoms with E-state index in [9.17, 15) is 45.6 Å². The van der Waals surface area contributed by atoms with Gasteiger partial charge < -0.3 is 24.0 Å². The van der Waals surface area contributed by atoms with Crippen molar-refractivity contribution in [2.24, 2.45) is 34.5 Å². The largest absolute Gasteiger partial charge is 0.497 e. The summed E-state index contributed by atoms with van der Waals surface area (Å²) in [5.74, 6) is -2.23. The van der Waals surface area contributed by atoms with Gasteiger partial charge in [-0.1, -0.05) is 148 Å². The molecule has 24 heteroatoms. The van der Waals surface area contributed by atoms with E-state index in [0.717, 1.165) is 98.5 Å². The van der Waals surface area contributed by atoms with Gasteiger partial charge in [0, 0.05) is 42.0 Å². The molecule has 2 saturated heterocycles. The van der Waals surface area contributed by atoms with Crippen molar-refractivity contribution in [2.45, 2.75) is 190 Å². The standard InChI is InChI=1S/C38H45N3O7S2.C37H42BrN3O6S2/c1-24-9-8-10-25(17-24)18-26-11-6-4-3-5-7-12-27-21-38(27,36(44)40-50(45,46)30-14-15-30)22-33(42)32-19-29(23-41(32)35(26)43)48-37-39-31-16-13-28(47-2)20-34(31)49-37;1-23-8-7-9-24(16-23)17-25-10-5-3-2-4-6-11-26-20-37(26,35(44)40-49(45,46)29-13-14-29)21-32(42)31-19-28(22-41(31)34(25)43)47-36-39-30-15-12-27(38)18-33(30)48-36/h7-10,12-13,16-17,20,26-27,29-30,32H,3-6,11,14-15,18-19,21-23H2,1-2H3,(H,40,44);6-9,11-12,15-16,18,25-26,28-29,31H,2-5,10,13-14,17,19-22H2,1H3,(H,40,44)/b12-7-;11-6-/t26-,27-,29-,32+,38-;25-,26-,28-,31+,37-/m11/s1. The van der Waals surface area contributed by atoms with Crippen molar-refractivity contribution in [3.8, 4) is 16.1 Å². The summed E-state index contributed by atoms with van der Waals surface area (Å²) in [6, 6.07) is 26.3. The highest BCUT2D eigenvalue weighted by molar-refractivity contribution is 9.10. The van der Waals surface area contributed by atoms with Gasteiger partial charge in [-0.3, -0.25) is 38.2 Å².